The second-order valence-electron chi connectivity index (χ2n) is 4.72. The zero-order chi connectivity index (χ0) is 15.8. The van der Waals surface area contributed by atoms with Crippen LogP contribution in [0.2, 0.25) is 5.02 Å². The third-order valence-electron chi connectivity index (χ3n) is 2.84. The van der Waals surface area contributed by atoms with Gasteiger partial charge in [0.2, 0.25) is 0 Å². The van der Waals surface area contributed by atoms with Gasteiger partial charge < -0.3 is 10.6 Å². The Labute approximate surface area is 145 Å². The molecule has 0 fully saturated rings. The number of aryl methyl sites for hydroxylation is 1. The molecule has 22 heavy (non-hydrogen) atoms. The molecule has 1 heterocycles. The topological polar surface area (TPSA) is 37.0 Å². The molecule has 2 rings (SSSR count). The lowest BCUT2D eigenvalue weighted by molar-refractivity contribution is 0.987. The summed E-state index contributed by atoms with van der Waals surface area (Å²) in [6.45, 7) is 2.77. The number of aromatic nitrogens is 1. The number of halogens is 1. The number of benzene rings is 1. The van der Waals surface area contributed by atoms with Gasteiger partial charge in [0.1, 0.15) is 5.82 Å². The van der Waals surface area contributed by atoms with Crippen molar-refractivity contribution in [2.24, 2.45) is 0 Å². The highest BCUT2D eigenvalue weighted by Gasteiger charge is 1.99. The van der Waals surface area contributed by atoms with Crippen LogP contribution in [0.3, 0.4) is 0 Å². The van der Waals surface area contributed by atoms with E-state index in [0.717, 1.165) is 34.6 Å². The van der Waals surface area contributed by atoms with Gasteiger partial charge in [-0.1, -0.05) is 29.8 Å². The van der Waals surface area contributed by atoms with Crippen molar-refractivity contribution in [3.05, 3.63) is 58.7 Å². The maximum Gasteiger partial charge on any atom is 0.171 e. The highest BCUT2D eigenvalue weighted by molar-refractivity contribution is 7.98. The Hall–Kier alpha value is -1.30. The first-order chi connectivity index (χ1) is 10.6. The van der Waals surface area contributed by atoms with Crippen molar-refractivity contribution in [1.29, 1.82) is 0 Å². The number of nitrogens with one attached hydrogen (secondary N) is 2. The number of thiocarbonyl (C=S) groups is 1. The molecule has 2 aromatic rings. The molecule has 0 aliphatic heterocycles. The highest BCUT2D eigenvalue weighted by Crippen LogP contribution is 2.15. The second-order valence-corrected chi connectivity index (χ2v) is 6.67. The summed E-state index contributed by atoms with van der Waals surface area (Å²) in [5.41, 5.74) is 2.24. The van der Waals surface area contributed by atoms with Gasteiger partial charge in [-0.15, -0.1) is 0 Å². The normalized spacial score (nSPS) is 10.3. The Kier molecular flexibility index (Phi) is 6.96. The average Bonchev–Trinajstić information content (AvgIpc) is 2.49. The number of pyridine rings is 1. The van der Waals surface area contributed by atoms with Crippen molar-refractivity contribution in [2.45, 2.75) is 12.7 Å². The predicted molar refractivity (Wildman–Crippen MR) is 101 cm³/mol. The van der Waals surface area contributed by atoms with Crippen molar-refractivity contribution in [2.75, 3.05) is 17.6 Å². The second kappa shape index (κ2) is 8.98. The van der Waals surface area contributed by atoms with Crippen LogP contribution in [0, 0.1) is 6.92 Å². The van der Waals surface area contributed by atoms with Crippen LogP contribution in [0.15, 0.2) is 42.5 Å². The van der Waals surface area contributed by atoms with E-state index >= 15 is 0 Å². The SMILES string of the molecule is Cc1cccc(NC(=S)NCCSCc2ccc(Cl)cc2)n1. The largest absolute Gasteiger partial charge is 0.362 e. The Morgan fingerprint density at radius 3 is 2.73 bits per heavy atom. The number of nitrogens with zero attached hydrogens (tertiary/aromatic N) is 1. The molecule has 0 spiro atoms. The summed E-state index contributed by atoms with van der Waals surface area (Å²) in [6.07, 6.45) is 0. The summed E-state index contributed by atoms with van der Waals surface area (Å²) < 4.78 is 0. The number of hydrogen-bond donors (Lipinski definition) is 2. The van der Waals surface area contributed by atoms with E-state index in [9.17, 15) is 0 Å². The molecule has 0 saturated carbocycles. The van der Waals surface area contributed by atoms with Gasteiger partial charge in [0.05, 0.1) is 0 Å². The molecule has 0 aliphatic carbocycles. The molecular weight excluding hydrogens is 334 g/mol. The van der Waals surface area contributed by atoms with E-state index in [4.69, 9.17) is 23.8 Å². The fourth-order valence-electron chi connectivity index (χ4n) is 1.78. The van der Waals surface area contributed by atoms with Crippen LogP contribution < -0.4 is 10.6 Å². The monoisotopic (exact) mass is 351 g/mol. The van der Waals surface area contributed by atoms with Gasteiger partial charge in [-0.25, -0.2) is 4.98 Å². The molecule has 6 heteroatoms. The van der Waals surface area contributed by atoms with E-state index in [0.29, 0.717) is 5.11 Å². The Morgan fingerprint density at radius 1 is 1.23 bits per heavy atom. The number of hydrogen-bond acceptors (Lipinski definition) is 3. The Morgan fingerprint density at radius 2 is 2.00 bits per heavy atom. The molecule has 0 radical (unpaired) electrons. The maximum atomic E-state index is 5.86. The highest BCUT2D eigenvalue weighted by atomic mass is 35.5. The van der Waals surface area contributed by atoms with Crippen molar-refractivity contribution in [3.8, 4) is 0 Å². The van der Waals surface area contributed by atoms with Crippen molar-refractivity contribution < 1.29 is 0 Å². The zero-order valence-electron chi connectivity index (χ0n) is 12.3. The minimum Gasteiger partial charge on any atom is -0.362 e. The van der Waals surface area contributed by atoms with Crippen LogP contribution in [0.4, 0.5) is 5.82 Å². The van der Waals surface area contributed by atoms with Gasteiger partial charge in [0, 0.05) is 28.8 Å². The first kappa shape index (κ1) is 17.1. The van der Waals surface area contributed by atoms with Gasteiger partial charge in [0.15, 0.2) is 5.11 Å². The van der Waals surface area contributed by atoms with Crippen LogP contribution >= 0.6 is 35.6 Å². The summed E-state index contributed by atoms with van der Waals surface area (Å²) in [5, 5.41) is 7.64. The number of rotatable bonds is 6. The van der Waals surface area contributed by atoms with Crippen LogP contribution in [-0.2, 0) is 5.75 Å². The molecule has 0 saturated heterocycles. The Balaban J connectivity index is 1.62. The molecule has 0 aliphatic rings. The maximum absolute atomic E-state index is 5.86. The zero-order valence-corrected chi connectivity index (χ0v) is 14.7. The van der Waals surface area contributed by atoms with Crippen molar-refractivity contribution in [1.82, 2.24) is 10.3 Å². The smallest absolute Gasteiger partial charge is 0.171 e. The molecule has 116 valence electrons. The first-order valence-corrected chi connectivity index (χ1v) is 8.88. The lowest BCUT2D eigenvalue weighted by atomic mass is 10.2. The van der Waals surface area contributed by atoms with Gasteiger partial charge >= 0.3 is 0 Å². The Bertz CT molecular complexity index is 617. The minimum atomic E-state index is 0.602. The summed E-state index contributed by atoms with van der Waals surface area (Å²) in [4.78, 5) is 4.35. The molecule has 3 nitrogen and oxygen atoms in total. The van der Waals surface area contributed by atoms with Crippen molar-refractivity contribution >= 4 is 46.5 Å². The lowest BCUT2D eigenvalue weighted by Gasteiger charge is -2.10. The molecule has 1 aromatic heterocycles. The van der Waals surface area contributed by atoms with E-state index in [2.05, 4.69) is 27.8 Å². The first-order valence-electron chi connectivity index (χ1n) is 6.94. The average molecular weight is 352 g/mol. The van der Waals surface area contributed by atoms with E-state index in [1.54, 1.807) is 0 Å². The van der Waals surface area contributed by atoms with E-state index in [1.807, 2.05) is 49.0 Å². The van der Waals surface area contributed by atoms with Gasteiger partial charge in [-0.2, -0.15) is 11.8 Å². The summed E-state index contributed by atoms with van der Waals surface area (Å²) >= 11 is 13.0. The fourth-order valence-corrected chi connectivity index (χ4v) is 2.93. The van der Waals surface area contributed by atoms with E-state index in [1.165, 1.54) is 5.56 Å². The van der Waals surface area contributed by atoms with E-state index < -0.39 is 0 Å². The molecule has 2 N–H and O–H groups in total. The minimum absolute atomic E-state index is 0.602. The molecule has 0 bridgehead atoms. The van der Waals surface area contributed by atoms with Crippen LogP contribution in [0.5, 0.6) is 0 Å². The lowest BCUT2D eigenvalue weighted by Crippen LogP contribution is -2.30. The van der Waals surface area contributed by atoms with Crippen molar-refractivity contribution in [3.63, 3.8) is 0 Å². The predicted octanol–water partition coefficient (Wildman–Crippen LogP) is 4.26. The summed E-state index contributed by atoms with van der Waals surface area (Å²) in [7, 11) is 0. The fraction of sp³-hybridized carbons (Fsp3) is 0.250. The summed E-state index contributed by atoms with van der Waals surface area (Å²) in [5.74, 6) is 2.72. The van der Waals surface area contributed by atoms with Crippen LogP contribution in [0.1, 0.15) is 11.3 Å². The van der Waals surface area contributed by atoms with Gasteiger partial charge in [-0.3, -0.25) is 0 Å². The summed E-state index contributed by atoms with van der Waals surface area (Å²) in [6, 6.07) is 13.8. The molecule has 1 aromatic carbocycles. The third kappa shape index (κ3) is 6.22. The number of anilines is 1. The van der Waals surface area contributed by atoms with Crippen LogP contribution in [0.25, 0.3) is 0 Å². The third-order valence-corrected chi connectivity index (χ3v) is 4.37. The van der Waals surface area contributed by atoms with E-state index in [-0.39, 0.29) is 0 Å². The number of thioether (sulfide) groups is 1. The molecular formula is C16H18ClN3S2. The quantitative estimate of drug-likeness (QED) is 0.600. The van der Waals surface area contributed by atoms with Gasteiger partial charge in [-0.05, 0) is 49.0 Å². The standard InChI is InChI=1S/C16H18ClN3S2/c1-12-3-2-4-15(19-12)20-16(21)18-9-10-22-11-13-5-7-14(17)8-6-13/h2-8H,9-11H2,1H3,(H2,18,19,20,21). The molecule has 0 atom stereocenters. The van der Waals surface area contributed by atoms with Crippen LogP contribution in [-0.4, -0.2) is 22.4 Å². The molecule has 0 unspecified atom stereocenters. The van der Waals surface area contributed by atoms with Gasteiger partial charge in [0.25, 0.3) is 0 Å². The molecule has 0 amide bonds.